The second-order valence-corrected chi connectivity index (χ2v) is 3.23. The van der Waals surface area contributed by atoms with E-state index in [0.29, 0.717) is 0 Å². The smallest absolute Gasteiger partial charge is 0.0677 e. The summed E-state index contributed by atoms with van der Waals surface area (Å²) in [6, 6.07) is 10.0. The van der Waals surface area contributed by atoms with Crippen molar-refractivity contribution in [3.05, 3.63) is 54.7 Å². The van der Waals surface area contributed by atoms with Crippen LogP contribution in [0.15, 0.2) is 36.5 Å². The molecule has 14 heavy (non-hydrogen) atoms. The van der Waals surface area contributed by atoms with Gasteiger partial charge in [-0.15, -0.1) is 0 Å². The first-order valence-corrected chi connectivity index (χ1v) is 4.77. The van der Waals surface area contributed by atoms with Crippen LogP contribution in [0.4, 0.5) is 0 Å². The van der Waals surface area contributed by atoms with Gasteiger partial charge in [0.25, 0.3) is 0 Å². The average Bonchev–Trinajstić information content (AvgIpc) is 2.67. The van der Waals surface area contributed by atoms with E-state index in [2.05, 4.69) is 18.9 Å². The Morgan fingerprint density at radius 3 is 2.71 bits per heavy atom. The number of aryl methyl sites for hydroxylation is 1. The average molecular weight is 185 g/mol. The predicted molar refractivity (Wildman–Crippen MR) is 57.4 cm³/mol. The minimum Gasteiger partial charge on any atom is -0.240 e. The van der Waals surface area contributed by atoms with Gasteiger partial charge in [-0.1, -0.05) is 25.1 Å². The molecule has 0 amide bonds. The van der Waals surface area contributed by atoms with Crippen molar-refractivity contribution in [1.29, 1.82) is 0 Å². The fraction of sp³-hybridized carbons (Fsp3) is 0.167. The molecule has 2 aromatic rings. The van der Waals surface area contributed by atoms with Crippen molar-refractivity contribution in [3.63, 3.8) is 0 Å². The van der Waals surface area contributed by atoms with Gasteiger partial charge in [0.05, 0.1) is 11.4 Å². The molecular formula is C12H13N2. The monoisotopic (exact) mass is 185 g/mol. The molecule has 0 spiro atoms. The van der Waals surface area contributed by atoms with Gasteiger partial charge in [0, 0.05) is 6.20 Å². The Balaban J connectivity index is 2.44. The van der Waals surface area contributed by atoms with E-state index >= 15 is 0 Å². The highest BCUT2D eigenvalue weighted by atomic mass is 15.3. The Kier molecular flexibility index (Phi) is 2.35. The highest BCUT2D eigenvalue weighted by Gasteiger charge is 2.01. The van der Waals surface area contributed by atoms with Gasteiger partial charge in [0.15, 0.2) is 0 Å². The Bertz CT molecular complexity index is 429. The van der Waals surface area contributed by atoms with E-state index in [0.717, 1.165) is 23.4 Å². The predicted octanol–water partition coefficient (Wildman–Crippen LogP) is 2.62. The molecule has 2 heteroatoms. The molecular weight excluding hydrogens is 172 g/mol. The summed E-state index contributed by atoms with van der Waals surface area (Å²) in [6.07, 6.45) is 2.94. The van der Waals surface area contributed by atoms with E-state index in [1.54, 1.807) is 0 Å². The summed E-state index contributed by atoms with van der Waals surface area (Å²) in [6.45, 7) is 6.07. The SMILES string of the molecule is [CH2]c1ccccc1-n1ccc(CC)n1. The topological polar surface area (TPSA) is 17.8 Å². The maximum absolute atomic E-state index is 4.44. The van der Waals surface area contributed by atoms with Crippen LogP contribution in [0.25, 0.3) is 5.69 Å². The first-order chi connectivity index (χ1) is 6.81. The zero-order chi connectivity index (χ0) is 9.97. The van der Waals surface area contributed by atoms with Crippen LogP contribution in [0.1, 0.15) is 18.2 Å². The number of aromatic nitrogens is 2. The highest BCUT2D eigenvalue weighted by molar-refractivity contribution is 5.42. The lowest BCUT2D eigenvalue weighted by molar-refractivity contribution is 0.839. The molecule has 1 aromatic carbocycles. The summed E-state index contributed by atoms with van der Waals surface area (Å²) in [7, 11) is 0. The van der Waals surface area contributed by atoms with Crippen LogP contribution in [0, 0.1) is 6.92 Å². The summed E-state index contributed by atoms with van der Waals surface area (Å²) in [5.41, 5.74) is 3.15. The van der Waals surface area contributed by atoms with Crippen molar-refractivity contribution < 1.29 is 0 Å². The van der Waals surface area contributed by atoms with Crippen molar-refractivity contribution in [2.75, 3.05) is 0 Å². The van der Waals surface area contributed by atoms with E-state index in [4.69, 9.17) is 0 Å². The minimum absolute atomic E-state index is 0.965. The van der Waals surface area contributed by atoms with Crippen LogP contribution >= 0.6 is 0 Å². The third-order valence-corrected chi connectivity index (χ3v) is 2.24. The van der Waals surface area contributed by atoms with E-state index in [-0.39, 0.29) is 0 Å². The van der Waals surface area contributed by atoms with E-state index in [1.807, 2.05) is 41.2 Å². The molecule has 2 rings (SSSR count). The molecule has 0 saturated carbocycles. The van der Waals surface area contributed by atoms with Crippen molar-refractivity contribution in [1.82, 2.24) is 9.78 Å². The fourth-order valence-corrected chi connectivity index (χ4v) is 1.42. The Morgan fingerprint density at radius 1 is 1.29 bits per heavy atom. The summed E-state index contributed by atoms with van der Waals surface area (Å²) in [5.74, 6) is 0. The number of nitrogens with zero attached hydrogens (tertiary/aromatic N) is 2. The summed E-state index contributed by atoms with van der Waals surface area (Å²) < 4.78 is 1.88. The second kappa shape index (κ2) is 3.66. The fourth-order valence-electron chi connectivity index (χ4n) is 1.42. The van der Waals surface area contributed by atoms with Crippen LogP contribution in [-0.2, 0) is 6.42 Å². The number of benzene rings is 1. The van der Waals surface area contributed by atoms with Gasteiger partial charge in [0.2, 0.25) is 0 Å². The third-order valence-electron chi connectivity index (χ3n) is 2.24. The van der Waals surface area contributed by atoms with E-state index in [9.17, 15) is 0 Å². The lowest BCUT2D eigenvalue weighted by atomic mass is 10.2. The standard InChI is InChI=1S/C12H13N2/c1-3-11-8-9-14(13-11)12-7-5-4-6-10(12)2/h4-9H,2-3H2,1H3. The van der Waals surface area contributed by atoms with Gasteiger partial charge >= 0.3 is 0 Å². The third kappa shape index (κ3) is 1.55. The van der Waals surface area contributed by atoms with Crippen molar-refractivity contribution >= 4 is 0 Å². The molecule has 0 fully saturated rings. The first-order valence-electron chi connectivity index (χ1n) is 4.77. The summed E-state index contributed by atoms with van der Waals surface area (Å²) in [4.78, 5) is 0. The lowest BCUT2D eigenvalue weighted by Crippen LogP contribution is -1.97. The van der Waals surface area contributed by atoms with Gasteiger partial charge in [-0.2, -0.15) is 5.10 Å². The van der Waals surface area contributed by atoms with Gasteiger partial charge in [-0.05, 0) is 31.0 Å². The van der Waals surface area contributed by atoms with Gasteiger partial charge in [0.1, 0.15) is 0 Å². The number of para-hydroxylation sites is 1. The Labute approximate surface area is 84.2 Å². The maximum Gasteiger partial charge on any atom is 0.0677 e. The quantitative estimate of drug-likeness (QED) is 0.703. The zero-order valence-electron chi connectivity index (χ0n) is 8.27. The molecule has 0 aliphatic carbocycles. The van der Waals surface area contributed by atoms with Crippen molar-refractivity contribution in [2.24, 2.45) is 0 Å². The molecule has 0 atom stereocenters. The van der Waals surface area contributed by atoms with Crippen LogP contribution in [0.5, 0.6) is 0 Å². The number of hydrogen-bond acceptors (Lipinski definition) is 1. The van der Waals surface area contributed by atoms with Gasteiger partial charge in [-0.3, -0.25) is 0 Å². The minimum atomic E-state index is 0.965. The van der Waals surface area contributed by atoms with Gasteiger partial charge < -0.3 is 0 Å². The number of hydrogen-bond donors (Lipinski definition) is 0. The van der Waals surface area contributed by atoms with E-state index < -0.39 is 0 Å². The summed E-state index contributed by atoms with van der Waals surface area (Å²) in [5, 5.41) is 4.44. The molecule has 0 bridgehead atoms. The molecule has 71 valence electrons. The molecule has 0 unspecified atom stereocenters. The lowest BCUT2D eigenvalue weighted by Gasteiger charge is -2.04. The molecule has 1 heterocycles. The molecule has 0 N–H and O–H groups in total. The largest absolute Gasteiger partial charge is 0.240 e. The molecule has 2 nitrogen and oxygen atoms in total. The summed E-state index contributed by atoms with van der Waals surface area (Å²) >= 11 is 0. The van der Waals surface area contributed by atoms with E-state index in [1.165, 1.54) is 0 Å². The van der Waals surface area contributed by atoms with Crippen LogP contribution in [0.3, 0.4) is 0 Å². The number of rotatable bonds is 2. The zero-order valence-corrected chi connectivity index (χ0v) is 8.27. The molecule has 0 aliphatic heterocycles. The van der Waals surface area contributed by atoms with Gasteiger partial charge in [-0.25, -0.2) is 4.68 Å². The maximum atomic E-state index is 4.44. The Morgan fingerprint density at radius 2 is 2.07 bits per heavy atom. The van der Waals surface area contributed by atoms with Crippen LogP contribution < -0.4 is 0 Å². The normalized spacial score (nSPS) is 10.4. The van der Waals surface area contributed by atoms with Crippen LogP contribution in [-0.4, -0.2) is 9.78 Å². The van der Waals surface area contributed by atoms with Crippen molar-refractivity contribution in [2.45, 2.75) is 13.3 Å². The van der Waals surface area contributed by atoms with Crippen molar-refractivity contribution in [3.8, 4) is 5.69 Å². The molecule has 0 aliphatic rings. The molecule has 0 saturated heterocycles. The second-order valence-electron chi connectivity index (χ2n) is 3.23. The Hall–Kier alpha value is -1.57. The molecule has 1 radical (unpaired) electrons. The first kappa shape index (κ1) is 9.00. The molecule has 1 aromatic heterocycles. The highest BCUT2D eigenvalue weighted by Crippen LogP contribution is 2.12. The van der Waals surface area contributed by atoms with Crippen LogP contribution in [0.2, 0.25) is 0 Å².